The molecule has 8 heteroatoms. The van der Waals surface area contributed by atoms with Crippen molar-refractivity contribution < 1.29 is 9.53 Å². The minimum atomic E-state index is -0.724. The summed E-state index contributed by atoms with van der Waals surface area (Å²) >= 11 is 0. The van der Waals surface area contributed by atoms with Crippen LogP contribution < -0.4 is 11.1 Å². The maximum Gasteiger partial charge on any atom is 0.236 e. The van der Waals surface area contributed by atoms with Crippen LogP contribution in [0.2, 0.25) is 0 Å². The second kappa shape index (κ2) is 8.50. The highest BCUT2D eigenvalue weighted by Crippen LogP contribution is 2.37. The number of rotatable bonds is 4. The molecule has 2 aromatic heterocycles. The molecule has 1 aliphatic rings. The normalized spacial score (nSPS) is 15.1. The Morgan fingerprint density at radius 2 is 1.77 bits per heavy atom. The van der Waals surface area contributed by atoms with Crippen LogP contribution in [0.15, 0.2) is 48.8 Å². The molecule has 156 valence electrons. The summed E-state index contributed by atoms with van der Waals surface area (Å²) in [6.45, 7) is 2.75. The number of aromatic nitrogens is 3. The Kier molecular flexibility index (Phi) is 5.60. The van der Waals surface area contributed by atoms with Crippen molar-refractivity contribution in [2.45, 2.75) is 25.2 Å². The highest BCUT2D eigenvalue weighted by molar-refractivity contribution is 5.98. The summed E-state index contributed by atoms with van der Waals surface area (Å²) in [6, 6.07) is 13.3. The smallest absolute Gasteiger partial charge is 0.236 e. The first-order valence-electron chi connectivity index (χ1n) is 9.97. The third-order valence-electron chi connectivity index (χ3n) is 5.67. The number of nitrogens with one attached hydrogen (secondary N) is 1. The van der Waals surface area contributed by atoms with Crippen LogP contribution in [0.1, 0.15) is 29.7 Å². The number of hydrogen-bond donors (Lipinski definition) is 2. The summed E-state index contributed by atoms with van der Waals surface area (Å²) in [7, 11) is 0. The van der Waals surface area contributed by atoms with E-state index in [0.717, 1.165) is 16.7 Å². The summed E-state index contributed by atoms with van der Waals surface area (Å²) in [6.07, 6.45) is 4.48. The molecule has 0 saturated carbocycles. The lowest BCUT2D eigenvalue weighted by Gasteiger charge is -2.36. The number of hydrogen-bond acceptors (Lipinski definition) is 7. The molecule has 3 aromatic rings. The van der Waals surface area contributed by atoms with Crippen LogP contribution in [0.25, 0.3) is 11.1 Å². The Hall–Kier alpha value is -3.83. The first-order valence-corrected chi connectivity index (χ1v) is 9.97. The number of aryl methyl sites for hydroxylation is 1. The Morgan fingerprint density at radius 3 is 2.39 bits per heavy atom. The molecule has 3 N–H and O–H groups in total. The number of benzene rings is 1. The van der Waals surface area contributed by atoms with Gasteiger partial charge in [0.15, 0.2) is 0 Å². The highest BCUT2D eigenvalue weighted by atomic mass is 16.5. The van der Waals surface area contributed by atoms with E-state index in [1.807, 2.05) is 24.3 Å². The number of carbonyl (C=O) groups excluding carboxylic acids is 1. The monoisotopic (exact) mass is 414 g/mol. The van der Waals surface area contributed by atoms with Gasteiger partial charge in [0.2, 0.25) is 11.9 Å². The number of ether oxygens (including phenoxy) is 1. The predicted octanol–water partition coefficient (Wildman–Crippen LogP) is 2.99. The number of nitrogens with two attached hydrogens (primary N) is 1. The Labute approximate surface area is 180 Å². The van der Waals surface area contributed by atoms with Crippen molar-refractivity contribution in [3.63, 3.8) is 0 Å². The fourth-order valence-corrected chi connectivity index (χ4v) is 3.82. The number of nitriles is 1. The van der Waals surface area contributed by atoms with Gasteiger partial charge in [-0.05, 0) is 43.0 Å². The first-order chi connectivity index (χ1) is 15.0. The van der Waals surface area contributed by atoms with Gasteiger partial charge in [-0.1, -0.05) is 24.3 Å². The molecule has 0 radical (unpaired) electrons. The molecule has 0 aliphatic carbocycles. The number of carbonyl (C=O) groups is 1. The third-order valence-corrected chi connectivity index (χ3v) is 5.67. The summed E-state index contributed by atoms with van der Waals surface area (Å²) in [5.74, 6) is 0.531. The summed E-state index contributed by atoms with van der Waals surface area (Å²) in [5, 5.41) is 12.0. The van der Waals surface area contributed by atoms with Gasteiger partial charge in [0, 0.05) is 31.2 Å². The zero-order valence-corrected chi connectivity index (χ0v) is 17.1. The second-order valence-corrected chi connectivity index (χ2v) is 7.50. The van der Waals surface area contributed by atoms with E-state index in [2.05, 4.69) is 26.3 Å². The maximum absolute atomic E-state index is 13.4. The van der Waals surface area contributed by atoms with Crippen molar-refractivity contribution in [1.29, 1.82) is 5.26 Å². The molecule has 1 aliphatic heterocycles. The van der Waals surface area contributed by atoms with Crippen molar-refractivity contribution in [2.24, 2.45) is 0 Å². The van der Waals surface area contributed by atoms with E-state index in [-0.39, 0.29) is 11.9 Å². The van der Waals surface area contributed by atoms with E-state index < -0.39 is 5.41 Å². The number of nitrogen functional groups attached to an aromatic ring is 1. The van der Waals surface area contributed by atoms with E-state index >= 15 is 0 Å². The second-order valence-electron chi connectivity index (χ2n) is 7.50. The molecule has 1 aromatic carbocycles. The maximum atomic E-state index is 13.4. The molecule has 3 heterocycles. The molecule has 0 atom stereocenters. The zero-order valence-electron chi connectivity index (χ0n) is 17.1. The molecule has 31 heavy (non-hydrogen) atoms. The van der Waals surface area contributed by atoms with Crippen molar-refractivity contribution in [2.75, 3.05) is 24.3 Å². The van der Waals surface area contributed by atoms with Crippen molar-refractivity contribution in [1.82, 2.24) is 15.0 Å². The average molecular weight is 414 g/mol. The highest BCUT2D eigenvalue weighted by Gasteiger charge is 2.42. The molecule has 1 amide bonds. The van der Waals surface area contributed by atoms with Crippen LogP contribution in [-0.4, -0.2) is 34.1 Å². The fourth-order valence-electron chi connectivity index (χ4n) is 3.82. The van der Waals surface area contributed by atoms with Gasteiger partial charge in [-0.25, -0.2) is 15.0 Å². The van der Waals surface area contributed by atoms with Gasteiger partial charge in [-0.15, -0.1) is 0 Å². The minimum Gasteiger partial charge on any atom is -0.381 e. The molecule has 8 nitrogen and oxygen atoms in total. The lowest BCUT2D eigenvalue weighted by molar-refractivity contribution is -0.125. The van der Waals surface area contributed by atoms with Crippen molar-refractivity contribution >= 4 is 17.7 Å². The lowest BCUT2D eigenvalue weighted by atomic mass is 9.73. The molecular formula is C23H22N6O2. The first kappa shape index (κ1) is 20.4. The fraction of sp³-hybridized carbons (Fsp3) is 0.261. The quantitative estimate of drug-likeness (QED) is 0.672. The topological polar surface area (TPSA) is 127 Å². The molecular weight excluding hydrogens is 392 g/mol. The largest absolute Gasteiger partial charge is 0.381 e. The van der Waals surface area contributed by atoms with Gasteiger partial charge in [-0.2, -0.15) is 5.26 Å². The van der Waals surface area contributed by atoms with Gasteiger partial charge in [-0.3, -0.25) is 4.79 Å². The van der Waals surface area contributed by atoms with Gasteiger partial charge in [0.25, 0.3) is 0 Å². The minimum absolute atomic E-state index is 0.129. The van der Waals surface area contributed by atoms with Gasteiger partial charge in [0.05, 0.1) is 16.7 Å². The molecule has 0 unspecified atom stereocenters. The Morgan fingerprint density at radius 1 is 1.10 bits per heavy atom. The summed E-state index contributed by atoms with van der Waals surface area (Å²) in [5.41, 5.74) is 8.62. The molecule has 1 fully saturated rings. The zero-order chi connectivity index (χ0) is 21.8. The van der Waals surface area contributed by atoms with Crippen LogP contribution in [0.4, 0.5) is 11.8 Å². The molecule has 0 bridgehead atoms. The number of amides is 1. The Bertz CT molecular complexity index is 1130. The molecule has 0 spiro atoms. The predicted molar refractivity (Wildman–Crippen MR) is 116 cm³/mol. The van der Waals surface area contributed by atoms with Crippen molar-refractivity contribution in [3.05, 3.63) is 65.6 Å². The van der Waals surface area contributed by atoms with E-state index in [1.54, 1.807) is 31.5 Å². The molecule has 1 saturated heterocycles. The third kappa shape index (κ3) is 4.09. The van der Waals surface area contributed by atoms with Crippen LogP contribution in [0, 0.1) is 18.3 Å². The van der Waals surface area contributed by atoms with Crippen LogP contribution >= 0.6 is 0 Å². The van der Waals surface area contributed by atoms with Crippen molar-refractivity contribution in [3.8, 4) is 17.2 Å². The van der Waals surface area contributed by atoms with Crippen LogP contribution in [0.5, 0.6) is 0 Å². The summed E-state index contributed by atoms with van der Waals surface area (Å²) < 4.78 is 5.54. The van der Waals surface area contributed by atoms with Gasteiger partial charge < -0.3 is 15.8 Å². The van der Waals surface area contributed by atoms with E-state index in [9.17, 15) is 4.79 Å². The van der Waals surface area contributed by atoms with Crippen LogP contribution in [-0.2, 0) is 14.9 Å². The van der Waals surface area contributed by atoms with Gasteiger partial charge >= 0.3 is 0 Å². The average Bonchev–Trinajstić information content (AvgIpc) is 2.80. The number of anilines is 2. The van der Waals surface area contributed by atoms with Crippen LogP contribution in [0.3, 0.4) is 0 Å². The number of pyridine rings is 1. The Balaban J connectivity index is 1.63. The van der Waals surface area contributed by atoms with Gasteiger partial charge in [0.1, 0.15) is 11.9 Å². The van der Waals surface area contributed by atoms with E-state index in [0.29, 0.717) is 43.1 Å². The molecule has 4 rings (SSSR count). The lowest BCUT2D eigenvalue weighted by Crippen LogP contribution is -2.45. The van der Waals surface area contributed by atoms with E-state index in [4.69, 9.17) is 15.7 Å². The SMILES string of the molecule is Cc1nc(NC(=O)C2(c3ccc(-c4cnc(N)nc4)cc3)CCOCC2)ccc1C#N. The summed E-state index contributed by atoms with van der Waals surface area (Å²) in [4.78, 5) is 25.9. The standard InChI is InChI=1S/C23H22N6O2/c1-15-17(12-24)4-7-20(28-15)29-21(30)23(8-10-31-11-9-23)19-5-2-16(3-6-19)18-13-26-22(25)27-14-18/h2-7,13-14H,8-11H2,1H3,(H2,25,26,27)(H,28,29,30). The van der Waals surface area contributed by atoms with E-state index in [1.165, 1.54) is 0 Å². The number of nitrogens with zero attached hydrogens (tertiary/aromatic N) is 4.